The van der Waals surface area contributed by atoms with Crippen LogP contribution in [0.25, 0.3) is 0 Å². The van der Waals surface area contributed by atoms with Crippen molar-refractivity contribution in [2.24, 2.45) is 28.9 Å². The van der Waals surface area contributed by atoms with Gasteiger partial charge < -0.3 is 20.5 Å². The van der Waals surface area contributed by atoms with Crippen LogP contribution in [0, 0.1) is 23.2 Å². The van der Waals surface area contributed by atoms with Crippen LogP contribution in [0.1, 0.15) is 50.5 Å². The molecule has 1 aromatic rings. The maximum absolute atomic E-state index is 12.9. The average Bonchev–Trinajstić information content (AvgIpc) is 2.70. The second-order valence-corrected chi connectivity index (χ2v) is 9.27. The third-order valence-electron chi connectivity index (χ3n) is 6.81. The first-order valence-corrected chi connectivity index (χ1v) is 10.9. The Morgan fingerprint density at radius 3 is 2.37 bits per heavy atom. The molecule has 0 spiro atoms. The van der Waals surface area contributed by atoms with Crippen molar-refractivity contribution >= 4 is 17.8 Å². The average molecular weight is 415 g/mol. The van der Waals surface area contributed by atoms with Crippen molar-refractivity contribution in [3.8, 4) is 5.75 Å². The zero-order chi connectivity index (χ0) is 21.1. The van der Waals surface area contributed by atoms with Crippen molar-refractivity contribution in [1.82, 2.24) is 5.32 Å². The van der Waals surface area contributed by atoms with Gasteiger partial charge in [0.25, 0.3) is 5.91 Å². The molecule has 5 rings (SSSR count). The summed E-state index contributed by atoms with van der Waals surface area (Å²) >= 11 is 0. The lowest BCUT2D eigenvalue weighted by atomic mass is 9.49. The molecule has 4 aliphatic rings. The lowest BCUT2D eigenvalue weighted by Gasteiger charge is -2.55. The van der Waals surface area contributed by atoms with Gasteiger partial charge in [0, 0.05) is 12.0 Å². The zero-order valence-corrected chi connectivity index (χ0v) is 17.2. The molecule has 162 valence electrons. The maximum Gasteiger partial charge on any atom is 0.307 e. The first kappa shape index (κ1) is 20.7. The van der Waals surface area contributed by atoms with Crippen LogP contribution in [0.15, 0.2) is 24.3 Å². The molecule has 4 fully saturated rings. The Bertz CT molecular complexity index is 786. The number of nitrogens with one attached hydrogen (secondary N) is 1. The molecular weight excluding hydrogens is 384 g/mol. The van der Waals surface area contributed by atoms with Crippen molar-refractivity contribution < 1.29 is 23.9 Å². The molecule has 7 nitrogen and oxygen atoms in total. The molecule has 7 heteroatoms. The Balaban J connectivity index is 1.19. The van der Waals surface area contributed by atoms with E-state index in [1.165, 1.54) is 19.3 Å². The van der Waals surface area contributed by atoms with E-state index in [0.717, 1.165) is 42.6 Å². The van der Waals surface area contributed by atoms with E-state index in [1.807, 2.05) is 0 Å². The predicted octanol–water partition coefficient (Wildman–Crippen LogP) is 2.32. The summed E-state index contributed by atoms with van der Waals surface area (Å²) in [4.78, 5) is 35.8. The van der Waals surface area contributed by atoms with Gasteiger partial charge in [-0.3, -0.25) is 14.4 Å². The Morgan fingerprint density at radius 2 is 1.73 bits per heavy atom. The topological polar surface area (TPSA) is 108 Å². The van der Waals surface area contributed by atoms with Gasteiger partial charge in [-0.1, -0.05) is 12.1 Å². The van der Waals surface area contributed by atoms with Gasteiger partial charge in [-0.2, -0.15) is 0 Å². The summed E-state index contributed by atoms with van der Waals surface area (Å²) < 4.78 is 10.5. The summed E-state index contributed by atoms with van der Waals surface area (Å²) in [7, 11) is 0. The van der Waals surface area contributed by atoms with E-state index in [0.29, 0.717) is 12.3 Å². The van der Waals surface area contributed by atoms with E-state index in [-0.39, 0.29) is 36.9 Å². The number of ether oxygens (including phenoxy) is 2. The van der Waals surface area contributed by atoms with Gasteiger partial charge in [-0.05, 0) is 74.0 Å². The minimum Gasteiger partial charge on any atom is -0.484 e. The quantitative estimate of drug-likeness (QED) is 0.603. The molecule has 0 aromatic heterocycles. The highest BCUT2D eigenvalue weighted by atomic mass is 16.5. The summed E-state index contributed by atoms with van der Waals surface area (Å²) in [5.41, 5.74) is 5.63. The van der Waals surface area contributed by atoms with Crippen LogP contribution in [0.4, 0.5) is 0 Å². The van der Waals surface area contributed by atoms with Crippen molar-refractivity contribution in [3.63, 3.8) is 0 Å². The van der Waals surface area contributed by atoms with Crippen molar-refractivity contribution in [2.45, 2.75) is 51.6 Å². The molecule has 0 saturated heterocycles. The van der Waals surface area contributed by atoms with Gasteiger partial charge in [0.1, 0.15) is 12.4 Å². The Kier molecular flexibility index (Phi) is 5.97. The molecule has 0 aliphatic heterocycles. The zero-order valence-electron chi connectivity index (χ0n) is 17.2. The number of hydrogen-bond donors (Lipinski definition) is 2. The van der Waals surface area contributed by atoms with Crippen LogP contribution in [0.3, 0.4) is 0 Å². The Hall–Kier alpha value is -2.57. The lowest BCUT2D eigenvalue weighted by molar-refractivity contribution is -0.147. The first-order chi connectivity index (χ1) is 14.4. The first-order valence-electron chi connectivity index (χ1n) is 10.9. The standard InChI is InChI=1S/C23H30N2O5/c24-20(26)14-29-19-3-1-2-15(9-19)13-30-21(27)4-5-25-22(28)23-10-16-6-17(11-23)8-18(7-16)12-23/h1-3,9,16-18H,4-8,10-14H2,(H2,24,26)(H,25,28). The van der Waals surface area contributed by atoms with Gasteiger partial charge in [-0.15, -0.1) is 0 Å². The number of rotatable bonds is 9. The minimum atomic E-state index is -0.553. The van der Waals surface area contributed by atoms with Gasteiger partial charge in [0.05, 0.1) is 6.42 Å². The molecule has 4 saturated carbocycles. The highest BCUT2D eigenvalue weighted by Crippen LogP contribution is 2.60. The van der Waals surface area contributed by atoms with Crippen LogP contribution >= 0.6 is 0 Å². The summed E-state index contributed by atoms with van der Waals surface area (Å²) in [5.74, 6) is 1.87. The second-order valence-electron chi connectivity index (χ2n) is 9.27. The third kappa shape index (κ3) is 4.77. The van der Waals surface area contributed by atoms with E-state index < -0.39 is 5.91 Å². The third-order valence-corrected chi connectivity index (χ3v) is 6.81. The number of hydrogen-bond acceptors (Lipinski definition) is 5. The monoisotopic (exact) mass is 414 g/mol. The van der Waals surface area contributed by atoms with E-state index in [1.54, 1.807) is 24.3 Å². The lowest BCUT2D eigenvalue weighted by Crippen LogP contribution is -2.53. The fraction of sp³-hybridized carbons (Fsp3) is 0.609. The van der Waals surface area contributed by atoms with E-state index in [2.05, 4.69) is 5.32 Å². The van der Waals surface area contributed by atoms with Crippen LogP contribution < -0.4 is 15.8 Å². The van der Waals surface area contributed by atoms with E-state index >= 15 is 0 Å². The maximum atomic E-state index is 12.9. The summed E-state index contributed by atoms with van der Waals surface area (Å²) in [5, 5.41) is 3.00. The van der Waals surface area contributed by atoms with Gasteiger partial charge in [0.2, 0.25) is 5.91 Å². The Labute approximate surface area is 176 Å². The minimum absolute atomic E-state index is 0.107. The molecule has 0 radical (unpaired) electrons. The summed E-state index contributed by atoms with van der Waals surface area (Å²) in [6, 6.07) is 6.96. The van der Waals surface area contributed by atoms with Crippen molar-refractivity contribution in [3.05, 3.63) is 29.8 Å². The number of primary amides is 1. The molecule has 1 aromatic carbocycles. The smallest absolute Gasteiger partial charge is 0.307 e. The van der Waals surface area contributed by atoms with E-state index in [9.17, 15) is 14.4 Å². The van der Waals surface area contributed by atoms with Gasteiger partial charge >= 0.3 is 5.97 Å². The second kappa shape index (κ2) is 8.66. The highest BCUT2D eigenvalue weighted by molar-refractivity contribution is 5.83. The normalized spacial score (nSPS) is 28.7. The molecule has 0 unspecified atom stereocenters. The number of esters is 1. The molecule has 30 heavy (non-hydrogen) atoms. The summed E-state index contributed by atoms with van der Waals surface area (Å²) in [6.45, 7) is 0.212. The predicted molar refractivity (Wildman–Crippen MR) is 109 cm³/mol. The molecule has 3 N–H and O–H groups in total. The van der Waals surface area contributed by atoms with Gasteiger partial charge in [-0.25, -0.2) is 0 Å². The molecular formula is C23H30N2O5. The fourth-order valence-electron chi connectivity index (χ4n) is 5.97. The highest BCUT2D eigenvalue weighted by Gasteiger charge is 2.54. The molecule has 2 amide bonds. The number of carbonyl (C=O) groups is 3. The number of benzene rings is 1. The number of nitrogens with two attached hydrogens (primary N) is 1. The van der Waals surface area contributed by atoms with Gasteiger partial charge in [0.15, 0.2) is 6.61 Å². The number of carbonyl (C=O) groups excluding carboxylic acids is 3. The molecule has 4 aliphatic carbocycles. The summed E-state index contributed by atoms with van der Waals surface area (Å²) in [6.07, 6.45) is 7.10. The SMILES string of the molecule is NC(=O)COc1cccc(COC(=O)CCNC(=O)C23CC4CC(CC(C4)C2)C3)c1. The van der Waals surface area contributed by atoms with Crippen LogP contribution in [-0.2, 0) is 25.7 Å². The van der Waals surface area contributed by atoms with Crippen molar-refractivity contribution in [1.29, 1.82) is 0 Å². The van der Waals surface area contributed by atoms with Crippen LogP contribution in [-0.4, -0.2) is 30.9 Å². The largest absolute Gasteiger partial charge is 0.484 e. The fourth-order valence-corrected chi connectivity index (χ4v) is 5.97. The number of amides is 2. The van der Waals surface area contributed by atoms with E-state index in [4.69, 9.17) is 15.2 Å². The molecule has 0 heterocycles. The molecule has 0 atom stereocenters. The van der Waals surface area contributed by atoms with Crippen molar-refractivity contribution in [2.75, 3.05) is 13.2 Å². The molecule has 4 bridgehead atoms. The Morgan fingerprint density at radius 1 is 1.07 bits per heavy atom. The van der Waals surface area contributed by atoms with Crippen LogP contribution in [0.2, 0.25) is 0 Å². The van der Waals surface area contributed by atoms with Crippen LogP contribution in [0.5, 0.6) is 5.75 Å².